The fourth-order valence-electron chi connectivity index (χ4n) is 3.22. The predicted molar refractivity (Wildman–Crippen MR) is 73.4 cm³/mol. The molecule has 0 aliphatic carbocycles. The van der Waals surface area contributed by atoms with Crippen molar-refractivity contribution in [2.45, 2.75) is 44.6 Å². The van der Waals surface area contributed by atoms with Gasteiger partial charge in [-0.15, -0.1) is 0 Å². The first-order valence-electron chi connectivity index (χ1n) is 7.62. The van der Waals surface area contributed by atoms with Gasteiger partial charge in [-0.2, -0.15) is 4.98 Å². The predicted octanol–water partition coefficient (Wildman–Crippen LogP) is 1.16. The lowest BCUT2D eigenvalue weighted by Crippen LogP contribution is -2.48. The third-order valence-corrected chi connectivity index (χ3v) is 4.28. The van der Waals surface area contributed by atoms with Crippen LogP contribution >= 0.6 is 0 Å². The van der Waals surface area contributed by atoms with Gasteiger partial charge < -0.3 is 9.42 Å². The number of aryl methyl sites for hydroxylation is 1. The largest absolute Gasteiger partial charge is 0.341 e. The normalized spacial score (nSPS) is 28.0. The van der Waals surface area contributed by atoms with E-state index in [4.69, 9.17) is 4.52 Å². The Labute approximate surface area is 127 Å². The van der Waals surface area contributed by atoms with Crippen molar-refractivity contribution in [3.63, 3.8) is 0 Å². The van der Waals surface area contributed by atoms with E-state index in [0.717, 1.165) is 12.8 Å². The number of hydrogen-bond donors (Lipinski definition) is 1. The van der Waals surface area contributed by atoms with Crippen LogP contribution in [-0.2, 0) is 11.2 Å². The van der Waals surface area contributed by atoms with Crippen molar-refractivity contribution in [2.75, 3.05) is 19.6 Å². The number of halogens is 2. The monoisotopic (exact) mass is 314 g/mol. The molecule has 2 aliphatic rings. The number of carbonyl (C=O) groups is 1. The highest BCUT2D eigenvalue weighted by molar-refractivity contribution is 5.82. The first kappa shape index (κ1) is 15.3. The summed E-state index contributed by atoms with van der Waals surface area (Å²) in [6.45, 7) is 2.52. The summed E-state index contributed by atoms with van der Waals surface area (Å²) in [4.78, 5) is 18.2. The summed E-state index contributed by atoms with van der Waals surface area (Å²) in [6.07, 6.45) is 2.09. The Balaban J connectivity index is 1.57. The van der Waals surface area contributed by atoms with E-state index in [-0.39, 0.29) is 11.8 Å². The first-order valence-corrected chi connectivity index (χ1v) is 7.62. The van der Waals surface area contributed by atoms with Gasteiger partial charge in [0.2, 0.25) is 11.8 Å². The van der Waals surface area contributed by atoms with Gasteiger partial charge in [0.15, 0.2) is 5.82 Å². The maximum Gasteiger partial charge on any atom is 0.262 e. The van der Waals surface area contributed by atoms with Gasteiger partial charge >= 0.3 is 0 Å². The number of nitrogens with one attached hydrogen (secondary N) is 1. The number of aromatic nitrogens is 2. The lowest BCUT2D eigenvalue weighted by molar-refractivity contribution is -0.135. The third-order valence-electron chi connectivity index (χ3n) is 4.28. The lowest BCUT2D eigenvalue weighted by atomic mass is 9.94. The summed E-state index contributed by atoms with van der Waals surface area (Å²) in [5.41, 5.74) is 0. The highest BCUT2D eigenvalue weighted by atomic mass is 19.3. The van der Waals surface area contributed by atoms with E-state index in [0.29, 0.717) is 31.2 Å². The minimum Gasteiger partial charge on any atom is -0.341 e. The summed E-state index contributed by atoms with van der Waals surface area (Å²) in [5.74, 6) is -1.58. The maximum absolute atomic E-state index is 13.2. The number of hydrogen-bond acceptors (Lipinski definition) is 5. The zero-order valence-corrected chi connectivity index (χ0v) is 12.5. The molecule has 1 aromatic rings. The van der Waals surface area contributed by atoms with Crippen molar-refractivity contribution in [2.24, 2.45) is 5.92 Å². The second-order valence-corrected chi connectivity index (χ2v) is 6.22. The second kappa shape index (κ2) is 5.91. The van der Waals surface area contributed by atoms with Crippen LogP contribution in [0, 0.1) is 12.8 Å². The number of piperidine rings is 1. The molecule has 0 aromatic carbocycles. The number of rotatable bonds is 3. The van der Waals surface area contributed by atoms with Gasteiger partial charge in [0.1, 0.15) is 0 Å². The molecule has 8 heteroatoms. The highest BCUT2D eigenvalue weighted by Crippen LogP contribution is 2.27. The van der Waals surface area contributed by atoms with Crippen LogP contribution in [0.25, 0.3) is 0 Å². The molecular weight excluding hydrogens is 294 g/mol. The third kappa shape index (κ3) is 3.43. The molecule has 0 radical (unpaired) electrons. The molecule has 1 aromatic heterocycles. The van der Waals surface area contributed by atoms with Crippen LogP contribution in [0.15, 0.2) is 4.52 Å². The van der Waals surface area contributed by atoms with Gasteiger partial charge in [0.05, 0.1) is 12.6 Å². The van der Waals surface area contributed by atoms with Crippen LogP contribution in [0.3, 0.4) is 0 Å². The topological polar surface area (TPSA) is 71.3 Å². The van der Waals surface area contributed by atoms with Crippen molar-refractivity contribution in [3.05, 3.63) is 11.7 Å². The molecule has 3 rings (SSSR count). The van der Waals surface area contributed by atoms with Crippen LogP contribution in [0.2, 0.25) is 0 Å². The molecule has 0 saturated carbocycles. The smallest absolute Gasteiger partial charge is 0.262 e. The maximum atomic E-state index is 13.2. The summed E-state index contributed by atoms with van der Waals surface area (Å²) in [7, 11) is 0. The van der Waals surface area contributed by atoms with Crippen LogP contribution in [0.4, 0.5) is 8.78 Å². The van der Waals surface area contributed by atoms with Gasteiger partial charge in [-0.3, -0.25) is 10.1 Å². The van der Waals surface area contributed by atoms with E-state index >= 15 is 0 Å². The molecular formula is C14H20F2N4O2. The molecule has 1 N–H and O–H groups in total. The van der Waals surface area contributed by atoms with Crippen LogP contribution in [-0.4, -0.2) is 52.5 Å². The van der Waals surface area contributed by atoms with E-state index in [9.17, 15) is 13.6 Å². The molecule has 2 fully saturated rings. The van der Waals surface area contributed by atoms with Gasteiger partial charge in [0.25, 0.3) is 5.92 Å². The Kier molecular flexibility index (Phi) is 4.12. The molecule has 2 aliphatic heterocycles. The summed E-state index contributed by atoms with van der Waals surface area (Å²) < 4.78 is 31.4. The first-order chi connectivity index (χ1) is 10.4. The number of amides is 1. The van der Waals surface area contributed by atoms with E-state index in [1.165, 1.54) is 0 Å². The molecule has 2 unspecified atom stereocenters. The molecule has 0 spiro atoms. The summed E-state index contributed by atoms with van der Waals surface area (Å²) in [5, 5.41) is 6.51. The zero-order valence-electron chi connectivity index (χ0n) is 12.5. The van der Waals surface area contributed by atoms with Crippen LogP contribution in [0.1, 0.15) is 31.0 Å². The number of alkyl halides is 2. The Bertz CT molecular complexity index is 549. The Morgan fingerprint density at radius 2 is 2.36 bits per heavy atom. The summed E-state index contributed by atoms with van der Waals surface area (Å²) in [6, 6.07) is -0.763. The molecule has 3 heterocycles. The minimum absolute atomic E-state index is 0.217. The minimum atomic E-state index is -2.78. The van der Waals surface area contributed by atoms with Gasteiger partial charge in [-0.25, -0.2) is 8.78 Å². The van der Waals surface area contributed by atoms with Gasteiger partial charge in [0, 0.05) is 32.9 Å². The zero-order chi connectivity index (χ0) is 15.7. The lowest BCUT2D eigenvalue weighted by Gasteiger charge is -2.33. The van der Waals surface area contributed by atoms with Crippen molar-refractivity contribution < 1.29 is 18.1 Å². The summed E-state index contributed by atoms with van der Waals surface area (Å²) >= 11 is 0. The van der Waals surface area contributed by atoms with Crippen molar-refractivity contribution >= 4 is 5.91 Å². The fourth-order valence-corrected chi connectivity index (χ4v) is 3.22. The molecule has 122 valence electrons. The van der Waals surface area contributed by atoms with Crippen molar-refractivity contribution in [3.8, 4) is 0 Å². The molecule has 0 bridgehead atoms. The van der Waals surface area contributed by atoms with Crippen molar-refractivity contribution in [1.82, 2.24) is 20.4 Å². The number of likely N-dealkylation sites (tertiary alicyclic amines) is 1. The number of nitrogens with zero attached hydrogens (tertiary/aromatic N) is 3. The quantitative estimate of drug-likeness (QED) is 0.906. The number of carbonyl (C=O) groups excluding carboxylic acids is 1. The fraction of sp³-hybridized carbons (Fsp3) is 0.786. The average Bonchev–Trinajstić information content (AvgIpc) is 3.04. The van der Waals surface area contributed by atoms with Crippen molar-refractivity contribution in [1.29, 1.82) is 0 Å². The van der Waals surface area contributed by atoms with Crippen LogP contribution in [0.5, 0.6) is 0 Å². The van der Waals surface area contributed by atoms with Gasteiger partial charge in [-0.05, 0) is 18.8 Å². The molecule has 1 amide bonds. The molecule has 2 saturated heterocycles. The van der Waals surface area contributed by atoms with E-state index in [1.54, 1.807) is 11.8 Å². The SMILES string of the molecule is Cc1nc(CC2CCCN(C(=O)C3CC(F)(F)CN3)C2)no1. The van der Waals surface area contributed by atoms with E-state index < -0.39 is 24.9 Å². The Morgan fingerprint density at radius 3 is 3.00 bits per heavy atom. The highest BCUT2D eigenvalue weighted by Gasteiger charge is 2.44. The Morgan fingerprint density at radius 1 is 1.55 bits per heavy atom. The second-order valence-electron chi connectivity index (χ2n) is 6.22. The molecule has 2 atom stereocenters. The van der Waals surface area contributed by atoms with Crippen LogP contribution < -0.4 is 5.32 Å². The van der Waals surface area contributed by atoms with E-state index in [2.05, 4.69) is 15.5 Å². The van der Waals surface area contributed by atoms with Gasteiger partial charge in [-0.1, -0.05) is 5.16 Å². The average molecular weight is 314 g/mol. The molecule has 6 nitrogen and oxygen atoms in total. The molecule has 22 heavy (non-hydrogen) atoms. The standard InChI is InChI=1S/C14H20F2N4O2/c1-9-18-12(19-22-9)5-10-3-2-4-20(7-10)13(21)11-6-14(15,16)8-17-11/h10-11,17H,2-8H2,1H3. The van der Waals surface area contributed by atoms with E-state index in [1.807, 2.05) is 0 Å². The Hall–Kier alpha value is -1.57.